The third-order valence-corrected chi connectivity index (χ3v) is 3.64. The lowest BCUT2D eigenvalue weighted by atomic mass is 10.3. The van der Waals surface area contributed by atoms with Gasteiger partial charge in [-0.05, 0) is 24.3 Å². The Labute approximate surface area is 101 Å². The SMILES string of the molecule is O=C(CSS(=O)(=O)O)Nc1ccc(Cl)cc1. The van der Waals surface area contributed by atoms with Crippen molar-refractivity contribution in [2.45, 2.75) is 0 Å². The maximum Gasteiger partial charge on any atom is 0.320 e. The lowest BCUT2D eigenvalue weighted by Crippen LogP contribution is -2.15. The summed E-state index contributed by atoms with van der Waals surface area (Å²) < 4.78 is 29.1. The summed E-state index contributed by atoms with van der Waals surface area (Å²) in [7, 11) is -4.03. The Hall–Kier alpha value is -0.760. The molecule has 2 N–H and O–H groups in total. The van der Waals surface area contributed by atoms with Crippen LogP contribution in [0.15, 0.2) is 24.3 Å². The maximum absolute atomic E-state index is 11.2. The average Bonchev–Trinajstić information content (AvgIpc) is 2.18. The molecule has 16 heavy (non-hydrogen) atoms. The van der Waals surface area contributed by atoms with Gasteiger partial charge >= 0.3 is 9.15 Å². The summed E-state index contributed by atoms with van der Waals surface area (Å²) in [4.78, 5) is 11.2. The zero-order valence-corrected chi connectivity index (χ0v) is 10.3. The van der Waals surface area contributed by atoms with Gasteiger partial charge < -0.3 is 5.32 Å². The third-order valence-electron chi connectivity index (χ3n) is 1.47. The highest BCUT2D eigenvalue weighted by Gasteiger charge is 2.10. The molecule has 0 radical (unpaired) electrons. The quantitative estimate of drug-likeness (QED) is 0.650. The van der Waals surface area contributed by atoms with E-state index in [9.17, 15) is 13.2 Å². The number of rotatable bonds is 4. The van der Waals surface area contributed by atoms with E-state index in [-0.39, 0.29) is 16.5 Å². The fraction of sp³-hybridized carbons (Fsp3) is 0.125. The van der Waals surface area contributed by atoms with Crippen molar-refractivity contribution in [2.75, 3.05) is 11.1 Å². The van der Waals surface area contributed by atoms with Gasteiger partial charge in [0.25, 0.3) is 0 Å². The Morgan fingerprint density at radius 2 is 1.94 bits per heavy atom. The highest BCUT2D eigenvalue weighted by atomic mass is 35.5. The predicted molar refractivity (Wildman–Crippen MR) is 64.1 cm³/mol. The summed E-state index contributed by atoms with van der Waals surface area (Å²) in [6, 6.07) is 6.34. The monoisotopic (exact) mass is 281 g/mol. The fourth-order valence-electron chi connectivity index (χ4n) is 0.858. The first-order valence-corrected chi connectivity index (χ1v) is 7.36. The number of benzene rings is 1. The number of amides is 1. The highest BCUT2D eigenvalue weighted by molar-refractivity contribution is 8.70. The summed E-state index contributed by atoms with van der Waals surface area (Å²) in [5, 5.41) is 2.98. The standard InChI is InChI=1S/C8H8ClNO4S2/c9-6-1-3-7(4-2-6)10-8(11)5-15-16(12,13)14/h1-4H,5H2,(H,10,11)(H,12,13,14). The van der Waals surface area contributed by atoms with Crippen LogP contribution in [0.3, 0.4) is 0 Å². The van der Waals surface area contributed by atoms with Crippen LogP contribution >= 0.6 is 22.4 Å². The van der Waals surface area contributed by atoms with Crippen LogP contribution in [0.5, 0.6) is 0 Å². The molecule has 1 aromatic rings. The number of hydrogen-bond acceptors (Lipinski definition) is 4. The molecule has 0 bridgehead atoms. The molecule has 0 aliphatic carbocycles. The van der Waals surface area contributed by atoms with Crippen molar-refractivity contribution in [3.05, 3.63) is 29.3 Å². The van der Waals surface area contributed by atoms with Crippen molar-refractivity contribution in [3.8, 4) is 0 Å². The van der Waals surface area contributed by atoms with Crippen LogP contribution in [0.1, 0.15) is 0 Å². The maximum atomic E-state index is 11.2. The Morgan fingerprint density at radius 1 is 1.38 bits per heavy atom. The smallest absolute Gasteiger partial charge is 0.320 e. The molecule has 0 heterocycles. The van der Waals surface area contributed by atoms with Crippen molar-refractivity contribution in [1.29, 1.82) is 0 Å². The first-order chi connectivity index (χ1) is 7.37. The molecule has 0 aliphatic heterocycles. The summed E-state index contributed by atoms with van der Waals surface area (Å²) in [6.07, 6.45) is 0. The van der Waals surface area contributed by atoms with Crippen LogP contribution in [-0.4, -0.2) is 24.6 Å². The Morgan fingerprint density at radius 3 is 2.44 bits per heavy atom. The average molecular weight is 282 g/mol. The topological polar surface area (TPSA) is 83.5 Å². The van der Waals surface area contributed by atoms with Gasteiger partial charge in [0.15, 0.2) is 0 Å². The first-order valence-electron chi connectivity index (χ1n) is 4.04. The van der Waals surface area contributed by atoms with E-state index in [4.69, 9.17) is 16.2 Å². The Balaban J connectivity index is 2.49. The van der Waals surface area contributed by atoms with E-state index in [0.717, 1.165) is 0 Å². The van der Waals surface area contributed by atoms with E-state index in [1.54, 1.807) is 24.3 Å². The largest absolute Gasteiger partial charge is 0.325 e. The van der Waals surface area contributed by atoms with E-state index in [1.807, 2.05) is 0 Å². The lowest BCUT2D eigenvalue weighted by Gasteiger charge is -2.03. The number of carbonyl (C=O) groups excluding carboxylic acids is 1. The molecule has 0 aliphatic rings. The fourth-order valence-corrected chi connectivity index (χ4v) is 2.08. The number of nitrogens with one attached hydrogen (secondary N) is 1. The van der Waals surface area contributed by atoms with Gasteiger partial charge in [-0.3, -0.25) is 9.35 Å². The molecule has 0 spiro atoms. The van der Waals surface area contributed by atoms with Crippen LogP contribution in [0.25, 0.3) is 0 Å². The van der Waals surface area contributed by atoms with Gasteiger partial charge in [-0.2, -0.15) is 8.42 Å². The van der Waals surface area contributed by atoms with Crippen LogP contribution in [0.2, 0.25) is 5.02 Å². The zero-order valence-electron chi connectivity index (χ0n) is 7.88. The Kier molecular flexibility index (Phi) is 4.60. The minimum Gasteiger partial charge on any atom is -0.325 e. The molecule has 1 rings (SSSR count). The van der Waals surface area contributed by atoms with Crippen molar-refractivity contribution in [1.82, 2.24) is 0 Å². The number of carbonyl (C=O) groups is 1. The molecule has 0 aromatic heterocycles. The summed E-state index contributed by atoms with van der Waals surface area (Å²) in [5.74, 6) is -0.897. The van der Waals surface area contributed by atoms with Gasteiger partial charge in [0.1, 0.15) is 0 Å². The molecule has 8 heteroatoms. The Bertz CT molecular complexity index is 471. The third kappa shape index (κ3) is 5.36. The van der Waals surface area contributed by atoms with Crippen LogP contribution in [0, 0.1) is 0 Å². The van der Waals surface area contributed by atoms with Gasteiger partial charge in [-0.25, -0.2) is 0 Å². The van der Waals surface area contributed by atoms with Crippen molar-refractivity contribution in [3.63, 3.8) is 0 Å². The summed E-state index contributed by atoms with van der Waals surface area (Å²) in [6.45, 7) is 0. The molecule has 0 fully saturated rings. The lowest BCUT2D eigenvalue weighted by molar-refractivity contribution is -0.113. The van der Waals surface area contributed by atoms with Crippen LogP contribution in [-0.2, 0) is 13.9 Å². The van der Waals surface area contributed by atoms with Crippen LogP contribution in [0.4, 0.5) is 5.69 Å². The van der Waals surface area contributed by atoms with Crippen molar-refractivity contribution < 1.29 is 17.8 Å². The van der Waals surface area contributed by atoms with Gasteiger partial charge in [0, 0.05) is 21.5 Å². The number of hydrogen-bond donors (Lipinski definition) is 2. The number of halogens is 1. The van der Waals surface area contributed by atoms with E-state index >= 15 is 0 Å². The molecule has 0 saturated heterocycles. The molecule has 1 amide bonds. The zero-order chi connectivity index (χ0) is 12.2. The second-order valence-electron chi connectivity index (χ2n) is 2.74. The first kappa shape index (κ1) is 13.3. The number of anilines is 1. The second-order valence-corrected chi connectivity index (χ2v) is 6.53. The molecule has 88 valence electrons. The molecular formula is C8H8ClNO4S2. The molecule has 0 saturated carbocycles. The minimum absolute atomic E-state index is 0.154. The van der Waals surface area contributed by atoms with Crippen molar-refractivity contribution in [2.24, 2.45) is 0 Å². The summed E-state index contributed by atoms with van der Waals surface area (Å²) >= 11 is 5.64. The van der Waals surface area contributed by atoms with Crippen molar-refractivity contribution >= 4 is 43.1 Å². The predicted octanol–water partition coefficient (Wildman–Crippen LogP) is 1.81. The van der Waals surface area contributed by atoms with Gasteiger partial charge in [0.05, 0.1) is 5.75 Å². The van der Waals surface area contributed by atoms with Gasteiger partial charge in [-0.1, -0.05) is 11.6 Å². The van der Waals surface area contributed by atoms with E-state index in [2.05, 4.69) is 5.32 Å². The highest BCUT2D eigenvalue weighted by Crippen LogP contribution is 2.14. The summed E-state index contributed by atoms with van der Waals surface area (Å²) in [5.41, 5.74) is 0.505. The molecule has 1 aromatic carbocycles. The molecule has 0 atom stereocenters. The minimum atomic E-state index is -4.18. The van der Waals surface area contributed by atoms with E-state index in [1.165, 1.54) is 0 Å². The van der Waals surface area contributed by atoms with Gasteiger partial charge in [-0.15, -0.1) is 0 Å². The van der Waals surface area contributed by atoms with E-state index < -0.39 is 15.1 Å². The molecule has 5 nitrogen and oxygen atoms in total. The van der Waals surface area contributed by atoms with Gasteiger partial charge in [0.2, 0.25) is 5.91 Å². The van der Waals surface area contributed by atoms with Crippen LogP contribution < -0.4 is 5.32 Å². The molecular weight excluding hydrogens is 274 g/mol. The normalized spacial score (nSPS) is 11.1. The molecule has 0 unspecified atom stereocenters. The van der Waals surface area contributed by atoms with E-state index in [0.29, 0.717) is 10.7 Å². The second kappa shape index (κ2) is 5.53.